The molecule has 0 saturated heterocycles. The normalized spacial score (nSPS) is 11.9. The molecular weight excluding hydrogens is 264 g/mol. The molecule has 1 unspecified atom stereocenters. The molecule has 0 aliphatic heterocycles. The lowest BCUT2D eigenvalue weighted by molar-refractivity contribution is -0.136. The van der Waals surface area contributed by atoms with Gasteiger partial charge in [0, 0.05) is 5.69 Å². The molecule has 110 valence electrons. The van der Waals surface area contributed by atoms with Gasteiger partial charge in [0.25, 0.3) is 0 Å². The Morgan fingerprint density at radius 1 is 1.05 bits per heavy atom. The van der Waals surface area contributed by atoms with Gasteiger partial charge in [0.2, 0.25) is 0 Å². The standard InChI is InChI=1S/C17H20N2O2/c18-14-11-9-13(10-12-14)5-4-8-16(19)17(20)21-15-6-2-1-3-7-15/h1-3,6-7,9-12,16H,4-5,8,18-19H2. The largest absolute Gasteiger partial charge is 0.425 e. The number of nitrogens with two attached hydrogens (primary N) is 2. The number of aryl methyl sites for hydroxylation is 1. The summed E-state index contributed by atoms with van der Waals surface area (Å²) < 4.78 is 5.21. The summed E-state index contributed by atoms with van der Waals surface area (Å²) in [5.74, 6) is 0.134. The zero-order valence-corrected chi connectivity index (χ0v) is 11.9. The third kappa shape index (κ3) is 4.93. The Hall–Kier alpha value is -2.33. The molecule has 4 nitrogen and oxygen atoms in total. The zero-order chi connectivity index (χ0) is 15.1. The number of carbonyl (C=O) groups excluding carboxylic acids is 1. The van der Waals surface area contributed by atoms with E-state index in [0.29, 0.717) is 12.2 Å². The maximum absolute atomic E-state index is 11.8. The predicted molar refractivity (Wildman–Crippen MR) is 83.8 cm³/mol. The summed E-state index contributed by atoms with van der Waals surface area (Å²) >= 11 is 0. The number of para-hydroxylation sites is 1. The molecule has 1 atom stereocenters. The number of nitrogen functional groups attached to an aromatic ring is 1. The van der Waals surface area contributed by atoms with Gasteiger partial charge >= 0.3 is 5.97 Å². The third-order valence-electron chi connectivity index (χ3n) is 3.22. The van der Waals surface area contributed by atoms with Crippen molar-refractivity contribution >= 4 is 11.7 Å². The van der Waals surface area contributed by atoms with Gasteiger partial charge in [-0.2, -0.15) is 0 Å². The monoisotopic (exact) mass is 284 g/mol. The average molecular weight is 284 g/mol. The molecular formula is C17H20N2O2. The lowest BCUT2D eigenvalue weighted by Crippen LogP contribution is -2.34. The van der Waals surface area contributed by atoms with Crippen LogP contribution in [0.4, 0.5) is 5.69 Å². The van der Waals surface area contributed by atoms with E-state index in [4.69, 9.17) is 16.2 Å². The van der Waals surface area contributed by atoms with Crippen LogP contribution in [0.1, 0.15) is 18.4 Å². The van der Waals surface area contributed by atoms with Crippen LogP contribution in [-0.4, -0.2) is 12.0 Å². The van der Waals surface area contributed by atoms with Crippen molar-refractivity contribution in [2.75, 3.05) is 5.73 Å². The van der Waals surface area contributed by atoms with Crippen molar-refractivity contribution < 1.29 is 9.53 Å². The van der Waals surface area contributed by atoms with Gasteiger partial charge in [0.1, 0.15) is 11.8 Å². The molecule has 4 heteroatoms. The average Bonchev–Trinajstić information content (AvgIpc) is 2.50. The second kappa shape index (κ2) is 7.45. The van der Waals surface area contributed by atoms with E-state index in [1.165, 1.54) is 5.56 Å². The summed E-state index contributed by atoms with van der Waals surface area (Å²) in [7, 11) is 0. The van der Waals surface area contributed by atoms with E-state index in [0.717, 1.165) is 18.5 Å². The second-order valence-corrected chi connectivity index (χ2v) is 4.97. The fraction of sp³-hybridized carbons (Fsp3) is 0.235. The number of hydrogen-bond acceptors (Lipinski definition) is 4. The van der Waals surface area contributed by atoms with E-state index >= 15 is 0 Å². The molecule has 4 N–H and O–H groups in total. The van der Waals surface area contributed by atoms with Gasteiger partial charge in [-0.15, -0.1) is 0 Å². The fourth-order valence-corrected chi connectivity index (χ4v) is 2.01. The van der Waals surface area contributed by atoms with Gasteiger partial charge in [0.05, 0.1) is 0 Å². The number of carbonyl (C=O) groups is 1. The SMILES string of the molecule is Nc1ccc(CCCC(N)C(=O)Oc2ccccc2)cc1. The number of anilines is 1. The molecule has 0 aliphatic rings. The maximum atomic E-state index is 11.8. The van der Waals surface area contributed by atoms with Gasteiger partial charge in [-0.3, -0.25) is 0 Å². The lowest BCUT2D eigenvalue weighted by Gasteiger charge is -2.11. The Morgan fingerprint density at radius 2 is 1.71 bits per heavy atom. The fourth-order valence-electron chi connectivity index (χ4n) is 2.01. The summed E-state index contributed by atoms with van der Waals surface area (Å²) in [6.07, 6.45) is 2.29. The maximum Gasteiger partial charge on any atom is 0.328 e. The molecule has 0 bridgehead atoms. The predicted octanol–water partition coefficient (Wildman–Crippen LogP) is 2.52. The number of rotatable bonds is 6. The number of ether oxygens (including phenoxy) is 1. The van der Waals surface area contributed by atoms with E-state index in [1.54, 1.807) is 12.1 Å². The van der Waals surface area contributed by atoms with E-state index in [2.05, 4.69) is 0 Å². The van der Waals surface area contributed by atoms with Crippen molar-refractivity contribution in [2.45, 2.75) is 25.3 Å². The minimum atomic E-state index is -0.598. The first-order valence-corrected chi connectivity index (χ1v) is 7.02. The van der Waals surface area contributed by atoms with E-state index in [9.17, 15) is 4.79 Å². The van der Waals surface area contributed by atoms with Crippen LogP contribution in [0.5, 0.6) is 5.75 Å². The van der Waals surface area contributed by atoms with Crippen LogP contribution in [0, 0.1) is 0 Å². The van der Waals surface area contributed by atoms with Gasteiger partial charge in [-0.1, -0.05) is 30.3 Å². The molecule has 0 spiro atoms. The second-order valence-electron chi connectivity index (χ2n) is 4.97. The van der Waals surface area contributed by atoms with E-state index < -0.39 is 12.0 Å². The highest BCUT2D eigenvalue weighted by molar-refractivity contribution is 5.77. The Bertz CT molecular complexity index is 567. The molecule has 21 heavy (non-hydrogen) atoms. The quantitative estimate of drug-likeness (QED) is 0.485. The summed E-state index contributed by atoms with van der Waals surface area (Å²) in [5, 5.41) is 0. The molecule has 0 saturated carbocycles. The summed E-state index contributed by atoms with van der Waals surface area (Å²) in [6, 6.07) is 16.1. The van der Waals surface area contributed by atoms with Crippen molar-refractivity contribution in [3.05, 3.63) is 60.2 Å². The topological polar surface area (TPSA) is 78.3 Å². The number of esters is 1. The minimum absolute atomic E-state index is 0.390. The molecule has 0 aromatic heterocycles. The summed E-state index contributed by atoms with van der Waals surface area (Å²) in [6.45, 7) is 0. The first kappa shape index (κ1) is 15.1. The Balaban J connectivity index is 1.75. The summed E-state index contributed by atoms with van der Waals surface area (Å²) in [5.41, 5.74) is 13.4. The summed E-state index contributed by atoms with van der Waals surface area (Å²) in [4.78, 5) is 11.8. The molecule has 0 heterocycles. The van der Waals surface area contributed by atoms with Crippen LogP contribution < -0.4 is 16.2 Å². The highest BCUT2D eigenvalue weighted by atomic mass is 16.5. The Kier molecular flexibility index (Phi) is 5.35. The highest BCUT2D eigenvalue weighted by Gasteiger charge is 2.15. The molecule has 0 radical (unpaired) electrons. The van der Waals surface area contributed by atoms with Crippen LogP contribution in [0.25, 0.3) is 0 Å². The van der Waals surface area contributed by atoms with Crippen molar-refractivity contribution in [3.8, 4) is 5.75 Å². The van der Waals surface area contributed by atoms with Crippen LogP contribution >= 0.6 is 0 Å². The number of hydrogen-bond donors (Lipinski definition) is 2. The third-order valence-corrected chi connectivity index (χ3v) is 3.22. The molecule has 2 aromatic rings. The first-order valence-electron chi connectivity index (χ1n) is 7.02. The highest BCUT2D eigenvalue weighted by Crippen LogP contribution is 2.12. The molecule has 2 aromatic carbocycles. The lowest BCUT2D eigenvalue weighted by atomic mass is 10.0. The minimum Gasteiger partial charge on any atom is -0.425 e. The smallest absolute Gasteiger partial charge is 0.328 e. The van der Waals surface area contributed by atoms with Gasteiger partial charge in [-0.25, -0.2) is 4.79 Å². The van der Waals surface area contributed by atoms with Crippen molar-refractivity contribution in [3.63, 3.8) is 0 Å². The molecule has 0 amide bonds. The van der Waals surface area contributed by atoms with Crippen LogP contribution in [0.15, 0.2) is 54.6 Å². The van der Waals surface area contributed by atoms with Gasteiger partial charge in [0.15, 0.2) is 0 Å². The van der Waals surface area contributed by atoms with Crippen molar-refractivity contribution in [2.24, 2.45) is 5.73 Å². The van der Waals surface area contributed by atoms with Crippen molar-refractivity contribution in [1.82, 2.24) is 0 Å². The number of benzene rings is 2. The van der Waals surface area contributed by atoms with E-state index in [-0.39, 0.29) is 0 Å². The Morgan fingerprint density at radius 3 is 2.38 bits per heavy atom. The van der Waals surface area contributed by atoms with Gasteiger partial charge < -0.3 is 16.2 Å². The van der Waals surface area contributed by atoms with Crippen LogP contribution in [-0.2, 0) is 11.2 Å². The molecule has 0 fully saturated rings. The zero-order valence-electron chi connectivity index (χ0n) is 11.9. The van der Waals surface area contributed by atoms with E-state index in [1.807, 2.05) is 42.5 Å². The van der Waals surface area contributed by atoms with Crippen LogP contribution in [0.3, 0.4) is 0 Å². The first-order chi connectivity index (χ1) is 10.1. The van der Waals surface area contributed by atoms with Crippen LogP contribution in [0.2, 0.25) is 0 Å². The molecule has 2 rings (SSSR count). The van der Waals surface area contributed by atoms with Crippen molar-refractivity contribution in [1.29, 1.82) is 0 Å². The molecule has 0 aliphatic carbocycles. The van der Waals surface area contributed by atoms with Gasteiger partial charge in [-0.05, 0) is 49.1 Å². The Labute approximate surface area is 124 Å².